The van der Waals surface area contributed by atoms with Gasteiger partial charge in [0.15, 0.2) is 0 Å². The van der Waals surface area contributed by atoms with Crippen LogP contribution in [-0.2, 0) is 0 Å². The highest BCUT2D eigenvalue weighted by Gasteiger charge is 2.16. The Bertz CT molecular complexity index is 896. The average molecular weight is 315 g/mol. The summed E-state index contributed by atoms with van der Waals surface area (Å²) in [7, 11) is 0. The Hall–Kier alpha value is -2.26. The Balaban J connectivity index is 2.28. The Morgan fingerprint density at radius 3 is 2.68 bits per heavy atom. The zero-order chi connectivity index (χ0) is 15.7. The third kappa shape index (κ3) is 2.48. The molecule has 0 radical (unpaired) electrons. The summed E-state index contributed by atoms with van der Waals surface area (Å²) in [6.45, 7) is 4.24. The summed E-state index contributed by atoms with van der Waals surface area (Å²) in [6, 6.07) is 12.5. The van der Waals surface area contributed by atoms with Crippen molar-refractivity contribution in [3.63, 3.8) is 0 Å². The highest BCUT2D eigenvalue weighted by atomic mass is 35.5. The van der Waals surface area contributed by atoms with E-state index in [0.29, 0.717) is 45.2 Å². The summed E-state index contributed by atoms with van der Waals surface area (Å²) in [5.74, 6) is 1.22. The van der Waals surface area contributed by atoms with Crippen LogP contribution >= 0.6 is 11.6 Å². The summed E-state index contributed by atoms with van der Waals surface area (Å²) >= 11 is 6.22. The summed E-state index contributed by atoms with van der Waals surface area (Å²) in [4.78, 5) is 12.8. The van der Waals surface area contributed by atoms with E-state index in [1.165, 1.54) is 0 Å². The highest BCUT2D eigenvalue weighted by Crippen LogP contribution is 2.30. The first kappa shape index (κ1) is 14.7. The normalized spacial score (nSPS) is 10.9. The minimum atomic E-state index is -0.0881. The first-order valence-corrected chi connectivity index (χ1v) is 7.44. The van der Waals surface area contributed by atoms with E-state index in [1.807, 2.05) is 25.1 Å². The SMILES string of the molecule is CCOc1ccc2c(=O)c(-c3ccccc3Cl)c(C)oc2c1. The summed E-state index contributed by atoms with van der Waals surface area (Å²) in [5, 5.41) is 1.05. The van der Waals surface area contributed by atoms with Crippen LogP contribution in [0.15, 0.2) is 51.7 Å². The second kappa shape index (κ2) is 5.85. The van der Waals surface area contributed by atoms with Crippen LogP contribution < -0.4 is 10.2 Å². The van der Waals surface area contributed by atoms with Crippen molar-refractivity contribution >= 4 is 22.6 Å². The number of fused-ring (bicyclic) bond motifs is 1. The predicted octanol–water partition coefficient (Wildman–Crippen LogP) is 4.82. The van der Waals surface area contributed by atoms with Crippen molar-refractivity contribution in [1.29, 1.82) is 0 Å². The predicted molar refractivity (Wildman–Crippen MR) is 88.8 cm³/mol. The molecule has 0 N–H and O–H groups in total. The molecule has 0 atom stereocenters. The molecule has 3 rings (SSSR count). The number of hydrogen-bond donors (Lipinski definition) is 0. The molecule has 0 aliphatic rings. The number of ether oxygens (including phenoxy) is 1. The van der Waals surface area contributed by atoms with Crippen LogP contribution in [0.5, 0.6) is 5.75 Å². The molecule has 0 aliphatic carbocycles. The van der Waals surface area contributed by atoms with E-state index in [1.54, 1.807) is 31.2 Å². The molecule has 0 amide bonds. The minimum absolute atomic E-state index is 0.0881. The molecule has 0 spiro atoms. The lowest BCUT2D eigenvalue weighted by Crippen LogP contribution is -2.08. The smallest absolute Gasteiger partial charge is 0.200 e. The molecule has 3 nitrogen and oxygen atoms in total. The van der Waals surface area contributed by atoms with Crippen LogP contribution in [0.25, 0.3) is 22.1 Å². The van der Waals surface area contributed by atoms with Gasteiger partial charge in [0, 0.05) is 16.7 Å². The quantitative estimate of drug-likeness (QED) is 0.695. The Kier molecular flexibility index (Phi) is 3.90. The summed E-state index contributed by atoms with van der Waals surface area (Å²) < 4.78 is 11.3. The van der Waals surface area contributed by atoms with Gasteiger partial charge in [-0.25, -0.2) is 0 Å². The number of benzene rings is 2. The van der Waals surface area contributed by atoms with E-state index in [2.05, 4.69) is 0 Å². The summed E-state index contributed by atoms with van der Waals surface area (Å²) in [6.07, 6.45) is 0. The largest absolute Gasteiger partial charge is 0.494 e. The summed E-state index contributed by atoms with van der Waals surface area (Å²) in [5.41, 5.74) is 1.62. The minimum Gasteiger partial charge on any atom is -0.494 e. The topological polar surface area (TPSA) is 39.4 Å². The van der Waals surface area contributed by atoms with Gasteiger partial charge >= 0.3 is 0 Å². The van der Waals surface area contributed by atoms with Gasteiger partial charge < -0.3 is 9.15 Å². The van der Waals surface area contributed by atoms with Crippen LogP contribution in [-0.4, -0.2) is 6.61 Å². The van der Waals surface area contributed by atoms with Crippen LogP contribution in [0.2, 0.25) is 5.02 Å². The van der Waals surface area contributed by atoms with Gasteiger partial charge in [0.2, 0.25) is 5.43 Å². The van der Waals surface area contributed by atoms with Crippen molar-refractivity contribution in [2.24, 2.45) is 0 Å². The maximum Gasteiger partial charge on any atom is 0.200 e. The van der Waals surface area contributed by atoms with Crippen molar-refractivity contribution in [3.8, 4) is 16.9 Å². The standard InChI is InChI=1S/C18H15ClO3/c1-3-21-12-8-9-14-16(10-12)22-11(2)17(18(14)20)13-6-4-5-7-15(13)19/h4-10H,3H2,1-2H3. The molecule has 0 bridgehead atoms. The van der Waals surface area contributed by atoms with Gasteiger partial charge in [-0.05, 0) is 32.0 Å². The first-order valence-electron chi connectivity index (χ1n) is 7.07. The lowest BCUT2D eigenvalue weighted by molar-refractivity contribution is 0.340. The fourth-order valence-corrected chi connectivity index (χ4v) is 2.75. The fraction of sp³-hybridized carbons (Fsp3) is 0.167. The van der Waals surface area contributed by atoms with Gasteiger partial charge in [0.25, 0.3) is 0 Å². The third-order valence-corrected chi connectivity index (χ3v) is 3.82. The van der Waals surface area contributed by atoms with Gasteiger partial charge in [0.1, 0.15) is 17.1 Å². The molecular formula is C18H15ClO3. The average Bonchev–Trinajstić information content (AvgIpc) is 2.49. The molecule has 3 aromatic rings. The number of halogens is 1. The molecule has 0 saturated carbocycles. The first-order chi connectivity index (χ1) is 10.6. The Morgan fingerprint density at radius 2 is 1.95 bits per heavy atom. The van der Waals surface area contributed by atoms with E-state index in [-0.39, 0.29) is 5.43 Å². The Labute approximate surface area is 133 Å². The number of hydrogen-bond acceptors (Lipinski definition) is 3. The molecule has 0 saturated heterocycles. The van der Waals surface area contributed by atoms with Crippen LogP contribution in [0, 0.1) is 6.92 Å². The van der Waals surface area contributed by atoms with Crippen molar-refractivity contribution in [3.05, 3.63) is 63.5 Å². The van der Waals surface area contributed by atoms with Gasteiger partial charge in [-0.3, -0.25) is 4.79 Å². The maximum atomic E-state index is 12.8. The number of aryl methyl sites for hydroxylation is 1. The molecule has 0 fully saturated rings. The Morgan fingerprint density at radius 1 is 1.18 bits per heavy atom. The van der Waals surface area contributed by atoms with E-state index < -0.39 is 0 Å². The van der Waals surface area contributed by atoms with E-state index in [0.717, 1.165) is 0 Å². The third-order valence-electron chi connectivity index (χ3n) is 3.49. The fourth-order valence-electron chi connectivity index (χ4n) is 2.52. The molecule has 0 unspecified atom stereocenters. The molecule has 0 aliphatic heterocycles. The van der Waals surface area contributed by atoms with Crippen LogP contribution in [0.3, 0.4) is 0 Å². The van der Waals surface area contributed by atoms with Crippen molar-refractivity contribution in [2.45, 2.75) is 13.8 Å². The van der Waals surface area contributed by atoms with Gasteiger partial charge in [0.05, 0.1) is 17.6 Å². The van der Waals surface area contributed by atoms with E-state index in [4.69, 9.17) is 20.8 Å². The van der Waals surface area contributed by atoms with Crippen molar-refractivity contribution < 1.29 is 9.15 Å². The molecular weight excluding hydrogens is 300 g/mol. The molecule has 112 valence electrons. The highest BCUT2D eigenvalue weighted by molar-refractivity contribution is 6.33. The van der Waals surface area contributed by atoms with Crippen molar-refractivity contribution in [2.75, 3.05) is 6.61 Å². The van der Waals surface area contributed by atoms with Crippen molar-refractivity contribution in [1.82, 2.24) is 0 Å². The second-order valence-corrected chi connectivity index (χ2v) is 5.34. The molecule has 1 aromatic heterocycles. The lowest BCUT2D eigenvalue weighted by Gasteiger charge is -2.09. The monoisotopic (exact) mass is 314 g/mol. The molecule has 4 heteroatoms. The van der Waals surface area contributed by atoms with E-state index in [9.17, 15) is 4.79 Å². The molecule has 1 heterocycles. The van der Waals surface area contributed by atoms with E-state index >= 15 is 0 Å². The number of rotatable bonds is 3. The van der Waals surface area contributed by atoms with Gasteiger partial charge in [-0.15, -0.1) is 0 Å². The van der Waals surface area contributed by atoms with Gasteiger partial charge in [-0.1, -0.05) is 29.8 Å². The zero-order valence-electron chi connectivity index (χ0n) is 12.4. The van der Waals surface area contributed by atoms with Crippen LogP contribution in [0.1, 0.15) is 12.7 Å². The molecule has 2 aromatic carbocycles. The maximum absolute atomic E-state index is 12.8. The lowest BCUT2D eigenvalue weighted by atomic mass is 10.0. The second-order valence-electron chi connectivity index (χ2n) is 4.93. The zero-order valence-corrected chi connectivity index (χ0v) is 13.1. The van der Waals surface area contributed by atoms with Gasteiger partial charge in [-0.2, -0.15) is 0 Å². The molecule has 22 heavy (non-hydrogen) atoms. The van der Waals surface area contributed by atoms with Crippen LogP contribution in [0.4, 0.5) is 0 Å².